The smallest absolute Gasteiger partial charge is 0.0710 e. The van der Waals surface area contributed by atoms with Gasteiger partial charge >= 0.3 is 0 Å². The fourth-order valence-electron chi connectivity index (χ4n) is 11.8. The molecule has 72 heavy (non-hydrogen) atoms. The molecule has 5 aromatic rings. The number of nitrogens with zero attached hydrogens (tertiary/aromatic N) is 1. The number of hydrogen-bond donors (Lipinski definition) is 1. The minimum absolute atomic E-state index is 0.491. The third-order valence-corrected chi connectivity index (χ3v) is 15.5. The van der Waals surface area contributed by atoms with Crippen LogP contribution >= 0.6 is 12.6 Å². The van der Waals surface area contributed by atoms with Crippen LogP contribution in [0.4, 0.5) is 0 Å². The van der Waals surface area contributed by atoms with E-state index in [1.165, 1.54) is 107 Å². The van der Waals surface area contributed by atoms with E-state index in [9.17, 15) is 0 Å². The lowest BCUT2D eigenvalue weighted by Gasteiger charge is -2.39. The Morgan fingerprint density at radius 3 is 2.10 bits per heavy atom. The standard InChI is InChI=1S/C50H51N.C20H22S/c1-10-20-42(21-11-2)50(43-24-14-13-15-25-43)47-27-19-18-26-45(47)46-31-30-44(33-48(46)50)51(34(4)5)49(35(6)12-3)38(9)36(7)37(8)40-29-28-39-22-16-17-23-41(39)32-40;1-13(2)20(14(3)21)19-12-15-8-4-5-9-16(15)17-10-6-7-11-18(17)19/h10-11,13-29,32-33H,1,4,8,12,30-31H2,2-3,5-7,9H3;4,7-8,11-12,21H,3,5-6,9-10H2,1-2H3/b21-11-,38-36-,42-20+,49-35+;. The average Bonchev–Trinajstić information content (AvgIpc) is 3.69. The summed E-state index contributed by atoms with van der Waals surface area (Å²) in [5.74, 6) is 0. The monoisotopic (exact) mass is 960 g/mol. The molecule has 0 N–H and O–H groups in total. The Morgan fingerprint density at radius 1 is 0.736 bits per heavy atom. The van der Waals surface area contributed by atoms with E-state index in [2.05, 4.69) is 251 Å². The lowest BCUT2D eigenvalue weighted by Crippen LogP contribution is -2.31. The SMILES string of the molecule is C=C(S)C(=C(C)C)c1cc2c(c3c1C=CCC3)CCC=C2.C=C/C=C(\C=C/C)C1(c2ccccc2)C2=C(CCC(N(C(=C)C)C(/C(C)=C(/C)C(=C)c3ccc4ccccc4c3)=C(\C)CC)=C2)c2ccccc21. The van der Waals surface area contributed by atoms with Crippen molar-refractivity contribution in [3.8, 4) is 0 Å². The summed E-state index contributed by atoms with van der Waals surface area (Å²) in [4.78, 5) is 3.30. The average molecular weight is 960 g/mol. The predicted molar refractivity (Wildman–Crippen MR) is 320 cm³/mol. The van der Waals surface area contributed by atoms with Gasteiger partial charge in [0.25, 0.3) is 0 Å². The van der Waals surface area contributed by atoms with Gasteiger partial charge in [0.1, 0.15) is 0 Å². The Balaban J connectivity index is 0.000000274. The zero-order chi connectivity index (χ0) is 51.3. The highest BCUT2D eigenvalue weighted by Crippen LogP contribution is 2.59. The van der Waals surface area contributed by atoms with Gasteiger partial charge in [-0.3, -0.25) is 0 Å². The molecule has 0 aromatic heterocycles. The summed E-state index contributed by atoms with van der Waals surface area (Å²) in [5.41, 5.74) is 26.5. The lowest BCUT2D eigenvalue weighted by atomic mass is 9.65. The molecule has 0 radical (unpaired) electrons. The topological polar surface area (TPSA) is 3.24 Å². The minimum atomic E-state index is -0.491. The largest absolute Gasteiger partial charge is 0.319 e. The van der Waals surface area contributed by atoms with Gasteiger partial charge in [0.2, 0.25) is 0 Å². The van der Waals surface area contributed by atoms with Crippen molar-refractivity contribution in [3.63, 3.8) is 0 Å². The first kappa shape index (κ1) is 51.5. The summed E-state index contributed by atoms with van der Waals surface area (Å²) in [5, 5.41) is 2.46. The molecule has 364 valence electrons. The van der Waals surface area contributed by atoms with E-state index in [0.717, 1.165) is 60.3 Å². The van der Waals surface area contributed by atoms with Gasteiger partial charge in [-0.25, -0.2) is 0 Å². The van der Waals surface area contributed by atoms with Crippen LogP contribution in [-0.2, 0) is 18.3 Å². The minimum Gasteiger partial charge on any atom is -0.319 e. The van der Waals surface area contributed by atoms with Crippen molar-refractivity contribution in [2.75, 3.05) is 0 Å². The van der Waals surface area contributed by atoms with Crippen LogP contribution < -0.4 is 0 Å². The van der Waals surface area contributed by atoms with Crippen molar-refractivity contribution >= 4 is 52.3 Å². The molecular weight excluding hydrogens is 887 g/mol. The van der Waals surface area contributed by atoms with E-state index in [1.807, 2.05) is 6.08 Å². The molecule has 0 saturated heterocycles. The van der Waals surface area contributed by atoms with Crippen molar-refractivity contribution < 1.29 is 0 Å². The highest BCUT2D eigenvalue weighted by atomic mass is 32.1. The quantitative estimate of drug-likeness (QED) is 0.0909. The molecule has 1 nitrogen and oxygen atoms in total. The maximum Gasteiger partial charge on any atom is 0.0710 e. The van der Waals surface area contributed by atoms with Gasteiger partial charge in [0.05, 0.1) is 5.41 Å². The van der Waals surface area contributed by atoms with Gasteiger partial charge in [0.15, 0.2) is 0 Å². The van der Waals surface area contributed by atoms with E-state index in [0.29, 0.717) is 0 Å². The molecule has 1 atom stereocenters. The van der Waals surface area contributed by atoms with E-state index in [-0.39, 0.29) is 0 Å². The van der Waals surface area contributed by atoms with Crippen LogP contribution in [0.2, 0.25) is 0 Å². The Kier molecular flexibility index (Phi) is 15.9. The number of allylic oxidation sites excluding steroid dienone is 18. The van der Waals surface area contributed by atoms with Crippen LogP contribution in [0.15, 0.2) is 227 Å². The van der Waals surface area contributed by atoms with E-state index in [1.54, 1.807) is 11.1 Å². The highest BCUT2D eigenvalue weighted by molar-refractivity contribution is 7.85. The zero-order valence-electron chi connectivity index (χ0n) is 44.2. The molecule has 1 unspecified atom stereocenters. The van der Waals surface area contributed by atoms with Gasteiger partial charge in [-0.1, -0.05) is 178 Å². The summed E-state index contributed by atoms with van der Waals surface area (Å²) in [6.07, 6.45) is 27.6. The zero-order valence-corrected chi connectivity index (χ0v) is 45.1. The normalized spacial score (nSPS) is 17.3. The van der Waals surface area contributed by atoms with Crippen molar-refractivity contribution in [1.29, 1.82) is 0 Å². The van der Waals surface area contributed by atoms with Crippen LogP contribution in [-0.4, -0.2) is 4.90 Å². The first-order valence-electron chi connectivity index (χ1n) is 25.9. The molecule has 0 saturated carbocycles. The molecule has 0 heterocycles. The second-order valence-corrected chi connectivity index (χ2v) is 20.5. The summed E-state index contributed by atoms with van der Waals surface area (Å²) in [6, 6.07) is 37.5. The number of benzene rings is 5. The Bertz CT molecular complexity index is 3300. The number of hydrogen-bond acceptors (Lipinski definition) is 2. The highest BCUT2D eigenvalue weighted by Gasteiger charge is 2.48. The summed E-state index contributed by atoms with van der Waals surface area (Å²) in [6.45, 7) is 35.0. The van der Waals surface area contributed by atoms with E-state index in [4.69, 9.17) is 0 Å². The molecule has 4 aliphatic rings. The maximum absolute atomic E-state index is 4.65. The lowest BCUT2D eigenvalue weighted by molar-refractivity contribution is 0.500. The predicted octanol–water partition coefficient (Wildman–Crippen LogP) is 19.7. The van der Waals surface area contributed by atoms with Crippen molar-refractivity contribution in [1.82, 2.24) is 4.90 Å². The van der Waals surface area contributed by atoms with Crippen LogP contribution in [0.5, 0.6) is 0 Å². The first-order chi connectivity index (χ1) is 34.8. The van der Waals surface area contributed by atoms with Gasteiger partial charge in [-0.05, 0) is 217 Å². The number of thiol groups is 1. The Morgan fingerprint density at radius 2 is 1.42 bits per heavy atom. The summed E-state index contributed by atoms with van der Waals surface area (Å²) < 4.78 is 0. The van der Waals surface area contributed by atoms with Crippen molar-refractivity contribution in [2.24, 2.45) is 0 Å². The van der Waals surface area contributed by atoms with Gasteiger partial charge in [-0.15, -0.1) is 12.6 Å². The second kappa shape index (κ2) is 22.3. The van der Waals surface area contributed by atoms with Gasteiger partial charge in [-0.2, -0.15) is 0 Å². The molecule has 2 heteroatoms. The fraction of sp³-hybridized carbons (Fsp3) is 0.229. The Hall–Kier alpha value is -6.87. The van der Waals surface area contributed by atoms with Crippen molar-refractivity contribution in [2.45, 2.75) is 106 Å². The van der Waals surface area contributed by atoms with Crippen LogP contribution in [0.3, 0.4) is 0 Å². The number of rotatable bonds is 13. The summed E-state index contributed by atoms with van der Waals surface area (Å²) in [7, 11) is 0. The molecular formula is C70H73NS. The molecule has 9 rings (SSSR count). The fourth-order valence-corrected chi connectivity index (χ4v) is 12.1. The number of fused-ring (bicyclic) bond motifs is 6. The molecule has 0 fully saturated rings. The third kappa shape index (κ3) is 9.62. The first-order valence-corrected chi connectivity index (χ1v) is 26.4. The van der Waals surface area contributed by atoms with Gasteiger partial charge in [0, 0.05) is 22.0 Å². The van der Waals surface area contributed by atoms with Crippen LogP contribution in [0.25, 0.3) is 39.6 Å². The van der Waals surface area contributed by atoms with Crippen LogP contribution in [0, 0.1) is 0 Å². The molecule has 5 aromatic carbocycles. The molecule has 0 amide bonds. The third-order valence-electron chi connectivity index (χ3n) is 15.3. The molecule has 0 spiro atoms. The van der Waals surface area contributed by atoms with Crippen molar-refractivity contribution in [3.05, 3.63) is 277 Å². The summed E-state index contributed by atoms with van der Waals surface area (Å²) >= 11 is 4.54. The molecule has 0 aliphatic heterocycles. The Labute approximate surface area is 438 Å². The maximum atomic E-state index is 4.65. The van der Waals surface area contributed by atoms with E-state index >= 15 is 0 Å². The van der Waals surface area contributed by atoms with Gasteiger partial charge < -0.3 is 4.90 Å². The molecule has 0 bridgehead atoms. The molecule has 4 aliphatic carbocycles. The second-order valence-electron chi connectivity index (χ2n) is 20.0. The van der Waals surface area contributed by atoms with E-state index < -0.39 is 5.41 Å². The van der Waals surface area contributed by atoms with Crippen LogP contribution in [0.1, 0.15) is 138 Å².